The van der Waals surface area contributed by atoms with Crippen LogP contribution in [0.25, 0.3) is 11.3 Å². The molecule has 0 bridgehead atoms. The number of ether oxygens (including phenoxy) is 1. The van der Waals surface area contributed by atoms with E-state index in [1.807, 2.05) is 47.4 Å². The maximum absolute atomic E-state index is 12.8. The van der Waals surface area contributed by atoms with E-state index in [1.54, 1.807) is 19.5 Å². The van der Waals surface area contributed by atoms with Crippen LogP contribution in [0.5, 0.6) is 5.75 Å². The van der Waals surface area contributed by atoms with Crippen molar-refractivity contribution < 1.29 is 9.53 Å². The third-order valence-corrected chi connectivity index (χ3v) is 5.43. The molecule has 3 aromatic rings. The van der Waals surface area contributed by atoms with Crippen LogP contribution in [0.4, 0.5) is 0 Å². The van der Waals surface area contributed by atoms with Crippen molar-refractivity contribution in [2.24, 2.45) is 0 Å². The standard InChI is InChI=1S/C24H25N3O2/c1-29-21-7-2-5-19(16-21)22-8-3-9-23(26-22)20-6-4-14-27(17-20)24(28)15-18-10-12-25-13-11-18/h2-3,5,7-13,16,20H,4,6,14-15,17H2,1H3. The molecule has 3 heterocycles. The van der Waals surface area contributed by atoms with Gasteiger partial charge in [-0.05, 0) is 54.8 Å². The lowest BCUT2D eigenvalue weighted by molar-refractivity contribution is -0.131. The van der Waals surface area contributed by atoms with Crippen molar-refractivity contribution in [3.05, 3.63) is 78.2 Å². The first-order chi connectivity index (χ1) is 14.2. The molecule has 0 saturated carbocycles. The van der Waals surface area contributed by atoms with Gasteiger partial charge in [-0.25, -0.2) is 0 Å². The van der Waals surface area contributed by atoms with Crippen molar-refractivity contribution in [1.82, 2.24) is 14.9 Å². The summed E-state index contributed by atoms with van der Waals surface area (Å²) in [4.78, 5) is 23.7. The number of pyridine rings is 2. The zero-order valence-corrected chi connectivity index (χ0v) is 16.6. The van der Waals surface area contributed by atoms with Gasteiger partial charge in [0.2, 0.25) is 5.91 Å². The Morgan fingerprint density at radius 1 is 1.14 bits per heavy atom. The van der Waals surface area contributed by atoms with Gasteiger partial charge in [0.15, 0.2) is 0 Å². The van der Waals surface area contributed by atoms with Gasteiger partial charge in [-0.2, -0.15) is 0 Å². The molecule has 0 spiro atoms. The van der Waals surface area contributed by atoms with Crippen LogP contribution >= 0.6 is 0 Å². The second-order valence-electron chi connectivity index (χ2n) is 7.39. The highest BCUT2D eigenvalue weighted by Crippen LogP contribution is 2.29. The fraction of sp³-hybridized carbons (Fsp3) is 0.292. The topological polar surface area (TPSA) is 55.3 Å². The average Bonchev–Trinajstić information content (AvgIpc) is 2.80. The Morgan fingerprint density at radius 2 is 1.97 bits per heavy atom. The Balaban J connectivity index is 1.49. The Morgan fingerprint density at radius 3 is 2.79 bits per heavy atom. The summed E-state index contributed by atoms with van der Waals surface area (Å²) in [5.74, 6) is 1.25. The molecule has 29 heavy (non-hydrogen) atoms. The number of carbonyl (C=O) groups is 1. The number of hydrogen-bond acceptors (Lipinski definition) is 4. The van der Waals surface area contributed by atoms with E-state index in [2.05, 4.69) is 17.1 Å². The largest absolute Gasteiger partial charge is 0.497 e. The Labute approximate surface area is 171 Å². The summed E-state index contributed by atoms with van der Waals surface area (Å²) in [6.45, 7) is 1.54. The summed E-state index contributed by atoms with van der Waals surface area (Å²) in [6, 6.07) is 17.9. The first-order valence-electron chi connectivity index (χ1n) is 10.0. The maximum atomic E-state index is 12.8. The van der Waals surface area contributed by atoms with Crippen LogP contribution in [-0.4, -0.2) is 41.0 Å². The summed E-state index contributed by atoms with van der Waals surface area (Å²) in [7, 11) is 1.67. The molecular formula is C24H25N3O2. The second-order valence-corrected chi connectivity index (χ2v) is 7.39. The van der Waals surface area contributed by atoms with Gasteiger partial charge in [-0.1, -0.05) is 18.2 Å². The number of hydrogen-bond donors (Lipinski definition) is 0. The molecule has 4 rings (SSSR count). The molecule has 1 aromatic carbocycles. The highest BCUT2D eigenvalue weighted by atomic mass is 16.5. The number of nitrogens with zero attached hydrogens (tertiary/aromatic N) is 3. The quantitative estimate of drug-likeness (QED) is 0.661. The molecule has 1 amide bonds. The third-order valence-electron chi connectivity index (χ3n) is 5.43. The van der Waals surface area contributed by atoms with Crippen LogP contribution in [-0.2, 0) is 11.2 Å². The van der Waals surface area contributed by atoms with Gasteiger partial charge in [0, 0.05) is 42.7 Å². The average molecular weight is 387 g/mol. The molecule has 0 radical (unpaired) electrons. The van der Waals surface area contributed by atoms with E-state index in [4.69, 9.17) is 9.72 Å². The van der Waals surface area contributed by atoms with E-state index >= 15 is 0 Å². The van der Waals surface area contributed by atoms with Crippen molar-refractivity contribution in [3.8, 4) is 17.0 Å². The monoisotopic (exact) mass is 387 g/mol. The van der Waals surface area contributed by atoms with Crippen molar-refractivity contribution in [1.29, 1.82) is 0 Å². The van der Waals surface area contributed by atoms with E-state index < -0.39 is 0 Å². The van der Waals surface area contributed by atoms with E-state index in [9.17, 15) is 4.79 Å². The fourth-order valence-electron chi connectivity index (χ4n) is 3.85. The highest BCUT2D eigenvalue weighted by molar-refractivity contribution is 5.79. The van der Waals surface area contributed by atoms with Crippen LogP contribution in [0.1, 0.15) is 30.0 Å². The first-order valence-corrected chi connectivity index (χ1v) is 10.0. The predicted octanol–water partition coefficient (Wildman–Crippen LogP) is 4.10. The number of aromatic nitrogens is 2. The Hall–Kier alpha value is -3.21. The minimum atomic E-state index is 0.171. The Bertz CT molecular complexity index is 975. The zero-order chi connectivity index (χ0) is 20.1. The van der Waals surface area contributed by atoms with Gasteiger partial charge in [-0.15, -0.1) is 0 Å². The summed E-state index contributed by atoms with van der Waals surface area (Å²) in [6.07, 6.45) is 5.93. The first kappa shape index (κ1) is 19.1. The number of amides is 1. The van der Waals surface area contributed by atoms with Crippen molar-refractivity contribution >= 4 is 5.91 Å². The molecule has 0 aliphatic carbocycles. The van der Waals surface area contributed by atoms with E-state index in [1.165, 1.54) is 0 Å². The number of likely N-dealkylation sites (tertiary alicyclic amines) is 1. The number of piperidine rings is 1. The predicted molar refractivity (Wildman–Crippen MR) is 113 cm³/mol. The maximum Gasteiger partial charge on any atom is 0.227 e. The van der Waals surface area contributed by atoms with Crippen molar-refractivity contribution in [2.45, 2.75) is 25.2 Å². The smallest absolute Gasteiger partial charge is 0.227 e. The van der Waals surface area contributed by atoms with Gasteiger partial charge in [0.1, 0.15) is 5.75 Å². The van der Waals surface area contributed by atoms with E-state index in [0.717, 1.165) is 54.2 Å². The van der Waals surface area contributed by atoms with Crippen LogP contribution in [0.2, 0.25) is 0 Å². The van der Waals surface area contributed by atoms with Crippen LogP contribution in [0.3, 0.4) is 0 Å². The summed E-state index contributed by atoms with van der Waals surface area (Å²) < 4.78 is 5.34. The van der Waals surface area contributed by atoms with E-state index in [-0.39, 0.29) is 11.8 Å². The molecule has 5 heteroatoms. The van der Waals surface area contributed by atoms with Gasteiger partial charge in [0.05, 0.1) is 19.2 Å². The highest BCUT2D eigenvalue weighted by Gasteiger charge is 2.25. The lowest BCUT2D eigenvalue weighted by Gasteiger charge is -2.32. The minimum Gasteiger partial charge on any atom is -0.497 e. The van der Waals surface area contributed by atoms with Gasteiger partial charge in [-0.3, -0.25) is 14.8 Å². The summed E-state index contributed by atoms with van der Waals surface area (Å²) in [5.41, 5.74) is 4.02. The fourth-order valence-corrected chi connectivity index (χ4v) is 3.85. The van der Waals surface area contributed by atoms with E-state index in [0.29, 0.717) is 6.42 Å². The molecule has 0 N–H and O–H groups in total. The van der Waals surface area contributed by atoms with Crippen LogP contribution in [0.15, 0.2) is 67.0 Å². The molecular weight excluding hydrogens is 362 g/mol. The zero-order valence-electron chi connectivity index (χ0n) is 16.6. The Kier molecular flexibility index (Phi) is 5.84. The summed E-state index contributed by atoms with van der Waals surface area (Å²) >= 11 is 0. The second kappa shape index (κ2) is 8.86. The molecule has 1 unspecified atom stereocenters. The van der Waals surface area contributed by atoms with Gasteiger partial charge in [0.25, 0.3) is 0 Å². The van der Waals surface area contributed by atoms with Crippen molar-refractivity contribution in [2.75, 3.05) is 20.2 Å². The molecule has 5 nitrogen and oxygen atoms in total. The van der Waals surface area contributed by atoms with Crippen molar-refractivity contribution in [3.63, 3.8) is 0 Å². The molecule has 1 aliphatic rings. The normalized spacial score (nSPS) is 16.4. The molecule has 1 aliphatic heterocycles. The van der Waals surface area contributed by atoms with Gasteiger partial charge >= 0.3 is 0 Å². The lowest BCUT2D eigenvalue weighted by Crippen LogP contribution is -2.40. The van der Waals surface area contributed by atoms with Gasteiger partial charge < -0.3 is 9.64 Å². The van der Waals surface area contributed by atoms with Crippen LogP contribution < -0.4 is 4.74 Å². The number of benzene rings is 1. The molecule has 1 fully saturated rings. The number of rotatable bonds is 5. The minimum absolute atomic E-state index is 0.171. The molecule has 2 aromatic heterocycles. The molecule has 1 atom stereocenters. The number of carbonyl (C=O) groups excluding carboxylic acids is 1. The molecule has 148 valence electrons. The SMILES string of the molecule is COc1cccc(-c2cccc(C3CCCN(C(=O)Cc4ccncc4)C3)n2)c1. The van der Waals surface area contributed by atoms with Crippen LogP contribution in [0, 0.1) is 0 Å². The molecule has 1 saturated heterocycles. The summed E-state index contributed by atoms with van der Waals surface area (Å²) in [5, 5.41) is 0. The lowest BCUT2D eigenvalue weighted by atomic mass is 9.93. The third kappa shape index (κ3) is 4.62. The number of methoxy groups -OCH3 is 1.